The fourth-order valence-electron chi connectivity index (χ4n) is 1.33. The Morgan fingerprint density at radius 1 is 1.43 bits per heavy atom. The maximum atomic E-state index is 10.7. The van der Waals surface area contributed by atoms with Crippen molar-refractivity contribution < 1.29 is 9.72 Å². The summed E-state index contributed by atoms with van der Waals surface area (Å²) >= 11 is 1.33. The molecule has 5 heteroatoms. The summed E-state index contributed by atoms with van der Waals surface area (Å²) in [5, 5.41) is 12.7. The summed E-state index contributed by atoms with van der Waals surface area (Å²) in [4.78, 5) is 20.8. The fourth-order valence-corrected chi connectivity index (χ4v) is 2.26. The molecule has 70 valence electrons. The Hall–Kier alpha value is -1.75. The molecule has 0 aliphatic heterocycles. The molecule has 1 aromatic heterocycles. The van der Waals surface area contributed by atoms with Crippen LogP contribution in [-0.4, -0.2) is 11.2 Å². The highest BCUT2D eigenvalue weighted by molar-refractivity contribution is 7.17. The van der Waals surface area contributed by atoms with Gasteiger partial charge in [-0.15, -0.1) is 11.3 Å². The van der Waals surface area contributed by atoms with Gasteiger partial charge in [-0.25, -0.2) is 0 Å². The summed E-state index contributed by atoms with van der Waals surface area (Å²) in [6, 6.07) is 4.79. The Bertz CT molecular complexity index is 518. The smallest absolute Gasteiger partial charge is 0.278 e. The number of nitrogens with zero attached hydrogens (tertiary/aromatic N) is 1. The van der Waals surface area contributed by atoms with E-state index in [0.29, 0.717) is 17.2 Å². The van der Waals surface area contributed by atoms with Crippen LogP contribution in [0, 0.1) is 10.1 Å². The SMILES string of the molecule is O=Cc1csc2cccc([N+](=O)[O-])c12. The molecule has 2 rings (SSSR count). The zero-order valence-electron chi connectivity index (χ0n) is 6.97. The van der Waals surface area contributed by atoms with Gasteiger partial charge in [0.05, 0.1) is 10.3 Å². The van der Waals surface area contributed by atoms with Crippen LogP contribution in [0.25, 0.3) is 10.1 Å². The number of nitro benzene ring substituents is 1. The molecule has 0 atom stereocenters. The van der Waals surface area contributed by atoms with E-state index < -0.39 is 4.92 Å². The quantitative estimate of drug-likeness (QED) is 0.432. The van der Waals surface area contributed by atoms with Gasteiger partial charge in [0.15, 0.2) is 6.29 Å². The van der Waals surface area contributed by atoms with Crippen LogP contribution in [0.15, 0.2) is 23.6 Å². The standard InChI is InChI=1S/C9H5NO3S/c11-4-6-5-14-8-3-1-2-7(9(6)8)10(12)13/h1-5H. The highest BCUT2D eigenvalue weighted by Crippen LogP contribution is 2.32. The highest BCUT2D eigenvalue weighted by atomic mass is 32.1. The molecule has 0 radical (unpaired) electrons. The van der Waals surface area contributed by atoms with Gasteiger partial charge in [0, 0.05) is 21.7 Å². The number of carbonyl (C=O) groups is 1. The van der Waals surface area contributed by atoms with Crippen molar-refractivity contribution >= 4 is 33.4 Å². The van der Waals surface area contributed by atoms with Crippen LogP contribution in [0.2, 0.25) is 0 Å². The number of rotatable bonds is 2. The highest BCUT2D eigenvalue weighted by Gasteiger charge is 2.15. The number of non-ortho nitro benzene ring substituents is 1. The molecule has 14 heavy (non-hydrogen) atoms. The first-order chi connectivity index (χ1) is 6.74. The summed E-state index contributed by atoms with van der Waals surface area (Å²) in [6.45, 7) is 0. The predicted octanol–water partition coefficient (Wildman–Crippen LogP) is 2.62. The molecule has 0 fully saturated rings. The fraction of sp³-hybridized carbons (Fsp3) is 0. The monoisotopic (exact) mass is 207 g/mol. The van der Waals surface area contributed by atoms with Gasteiger partial charge in [-0.1, -0.05) is 6.07 Å². The van der Waals surface area contributed by atoms with E-state index in [-0.39, 0.29) is 5.69 Å². The Morgan fingerprint density at radius 3 is 2.86 bits per heavy atom. The van der Waals surface area contributed by atoms with E-state index in [1.165, 1.54) is 17.4 Å². The number of nitro groups is 1. The second-order valence-electron chi connectivity index (χ2n) is 2.72. The third kappa shape index (κ3) is 1.18. The Morgan fingerprint density at radius 2 is 2.21 bits per heavy atom. The minimum atomic E-state index is -0.470. The van der Waals surface area contributed by atoms with Crippen LogP contribution in [0.1, 0.15) is 10.4 Å². The van der Waals surface area contributed by atoms with Gasteiger partial charge in [0.1, 0.15) is 0 Å². The molecule has 0 saturated heterocycles. The first kappa shape index (κ1) is 8.83. The lowest BCUT2D eigenvalue weighted by Crippen LogP contribution is -1.89. The number of thiophene rings is 1. The minimum Gasteiger partial charge on any atom is -0.298 e. The van der Waals surface area contributed by atoms with E-state index in [0.717, 1.165) is 4.70 Å². The molecule has 1 aromatic carbocycles. The third-order valence-electron chi connectivity index (χ3n) is 1.93. The van der Waals surface area contributed by atoms with E-state index in [1.54, 1.807) is 17.5 Å². The van der Waals surface area contributed by atoms with Crippen LogP contribution < -0.4 is 0 Å². The van der Waals surface area contributed by atoms with Crippen LogP contribution in [0.5, 0.6) is 0 Å². The molecule has 0 amide bonds. The van der Waals surface area contributed by atoms with E-state index in [1.807, 2.05) is 0 Å². The lowest BCUT2D eigenvalue weighted by molar-refractivity contribution is -0.383. The zero-order valence-corrected chi connectivity index (χ0v) is 7.78. The molecule has 1 heterocycles. The number of benzene rings is 1. The summed E-state index contributed by atoms with van der Waals surface area (Å²) in [5.41, 5.74) is 0.378. The summed E-state index contributed by atoms with van der Waals surface area (Å²) in [5.74, 6) is 0. The molecule has 0 aliphatic rings. The van der Waals surface area contributed by atoms with Crippen LogP contribution in [0.3, 0.4) is 0 Å². The molecule has 0 spiro atoms. The molecule has 0 bridgehead atoms. The topological polar surface area (TPSA) is 60.2 Å². The van der Waals surface area contributed by atoms with E-state index in [4.69, 9.17) is 0 Å². The Kier molecular flexibility index (Phi) is 2.01. The van der Waals surface area contributed by atoms with Gasteiger partial charge in [-0.2, -0.15) is 0 Å². The van der Waals surface area contributed by atoms with Crippen LogP contribution >= 0.6 is 11.3 Å². The second-order valence-corrected chi connectivity index (χ2v) is 3.63. The third-order valence-corrected chi connectivity index (χ3v) is 2.90. The lowest BCUT2D eigenvalue weighted by atomic mass is 10.1. The van der Waals surface area contributed by atoms with Gasteiger partial charge in [0.25, 0.3) is 5.69 Å². The molecule has 4 nitrogen and oxygen atoms in total. The van der Waals surface area contributed by atoms with E-state index in [9.17, 15) is 14.9 Å². The average molecular weight is 207 g/mol. The maximum Gasteiger partial charge on any atom is 0.278 e. The first-order valence-electron chi connectivity index (χ1n) is 3.84. The predicted molar refractivity (Wildman–Crippen MR) is 53.9 cm³/mol. The molecule has 2 aromatic rings. The van der Waals surface area contributed by atoms with Gasteiger partial charge in [-0.05, 0) is 6.07 Å². The van der Waals surface area contributed by atoms with E-state index >= 15 is 0 Å². The van der Waals surface area contributed by atoms with Gasteiger partial charge < -0.3 is 0 Å². The second kappa shape index (κ2) is 3.19. The number of aldehydes is 1. The van der Waals surface area contributed by atoms with Crippen molar-refractivity contribution in [3.05, 3.63) is 39.3 Å². The van der Waals surface area contributed by atoms with Crippen molar-refractivity contribution in [1.29, 1.82) is 0 Å². The van der Waals surface area contributed by atoms with E-state index in [2.05, 4.69) is 0 Å². The molecule has 0 unspecified atom stereocenters. The summed E-state index contributed by atoms with van der Waals surface area (Å²) in [7, 11) is 0. The van der Waals surface area contributed by atoms with Crippen molar-refractivity contribution in [2.75, 3.05) is 0 Å². The summed E-state index contributed by atoms with van der Waals surface area (Å²) < 4.78 is 0.765. The number of carbonyl (C=O) groups excluding carboxylic acids is 1. The largest absolute Gasteiger partial charge is 0.298 e. The van der Waals surface area contributed by atoms with Crippen molar-refractivity contribution in [1.82, 2.24) is 0 Å². The maximum absolute atomic E-state index is 10.7. The van der Waals surface area contributed by atoms with Crippen molar-refractivity contribution in [3.63, 3.8) is 0 Å². The molecule has 0 aliphatic carbocycles. The molecular formula is C9H5NO3S. The van der Waals surface area contributed by atoms with Crippen LogP contribution in [-0.2, 0) is 0 Å². The molecule has 0 saturated carbocycles. The van der Waals surface area contributed by atoms with Gasteiger partial charge >= 0.3 is 0 Å². The number of hydrogen-bond donors (Lipinski definition) is 0. The van der Waals surface area contributed by atoms with Crippen LogP contribution in [0.4, 0.5) is 5.69 Å². The average Bonchev–Trinajstić information content (AvgIpc) is 2.59. The number of fused-ring (bicyclic) bond motifs is 1. The minimum absolute atomic E-state index is 0.00847. The van der Waals surface area contributed by atoms with Crippen molar-refractivity contribution in [2.24, 2.45) is 0 Å². The normalized spacial score (nSPS) is 10.3. The Balaban J connectivity index is 2.88. The van der Waals surface area contributed by atoms with Gasteiger partial charge in [-0.3, -0.25) is 14.9 Å². The number of hydrogen-bond acceptors (Lipinski definition) is 4. The molecular weight excluding hydrogens is 202 g/mol. The van der Waals surface area contributed by atoms with Crippen molar-refractivity contribution in [2.45, 2.75) is 0 Å². The lowest BCUT2D eigenvalue weighted by Gasteiger charge is -1.93. The van der Waals surface area contributed by atoms with Crippen molar-refractivity contribution in [3.8, 4) is 0 Å². The molecule has 0 N–H and O–H groups in total. The Labute approximate surface area is 82.9 Å². The van der Waals surface area contributed by atoms with Gasteiger partial charge in [0.2, 0.25) is 0 Å². The first-order valence-corrected chi connectivity index (χ1v) is 4.72. The summed E-state index contributed by atoms with van der Waals surface area (Å²) in [6.07, 6.45) is 0.645. The zero-order chi connectivity index (χ0) is 10.1.